The highest BCUT2D eigenvalue weighted by Crippen LogP contribution is 2.12. The summed E-state index contributed by atoms with van der Waals surface area (Å²) in [6, 6.07) is 7.31. The first-order valence-electron chi connectivity index (χ1n) is 6.02. The lowest BCUT2D eigenvalue weighted by Gasteiger charge is -2.00. The zero-order valence-corrected chi connectivity index (χ0v) is 11.5. The second-order valence-electron chi connectivity index (χ2n) is 4.17. The van der Waals surface area contributed by atoms with Crippen molar-refractivity contribution in [1.29, 1.82) is 0 Å². The Morgan fingerprint density at radius 2 is 2.05 bits per heavy atom. The van der Waals surface area contributed by atoms with Crippen LogP contribution in [0, 0.1) is 13.8 Å². The van der Waals surface area contributed by atoms with E-state index in [1.54, 1.807) is 27.2 Å². The first-order valence-corrected chi connectivity index (χ1v) is 6.02. The lowest BCUT2D eigenvalue weighted by Crippen LogP contribution is -2.18. The molecule has 1 aromatic heterocycles. The predicted molar refractivity (Wildman–Crippen MR) is 74.0 cm³/mol. The number of carbonyl (C=O) groups is 1. The van der Waals surface area contributed by atoms with Gasteiger partial charge in [-0.1, -0.05) is 5.16 Å². The summed E-state index contributed by atoms with van der Waals surface area (Å²) in [7, 11) is 1.60. The largest absolute Gasteiger partial charge is 0.497 e. The Morgan fingerprint density at radius 3 is 2.60 bits per heavy atom. The Morgan fingerprint density at radius 1 is 1.35 bits per heavy atom. The summed E-state index contributed by atoms with van der Waals surface area (Å²) < 4.78 is 9.99. The number of rotatable bonds is 4. The van der Waals surface area contributed by atoms with Crippen LogP contribution in [0.25, 0.3) is 0 Å². The molecule has 0 unspecified atom stereocenters. The second kappa shape index (κ2) is 6.01. The minimum Gasteiger partial charge on any atom is -0.497 e. The van der Waals surface area contributed by atoms with Gasteiger partial charge in [-0.3, -0.25) is 4.79 Å². The molecular formula is C14H15N3O3. The molecule has 6 nitrogen and oxygen atoms in total. The fourth-order valence-electron chi connectivity index (χ4n) is 1.72. The number of methoxy groups -OCH3 is 1. The molecule has 6 heteroatoms. The third-order valence-corrected chi connectivity index (χ3v) is 2.76. The number of ether oxygens (including phenoxy) is 1. The molecule has 20 heavy (non-hydrogen) atoms. The van der Waals surface area contributed by atoms with E-state index in [0.29, 0.717) is 17.0 Å². The van der Waals surface area contributed by atoms with Crippen molar-refractivity contribution in [2.24, 2.45) is 5.10 Å². The zero-order valence-electron chi connectivity index (χ0n) is 11.5. The summed E-state index contributed by atoms with van der Waals surface area (Å²) in [6.07, 6.45) is 1.55. The number of aryl methyl sites for hydroxylation is 2. The van der Waals surface area contributed by atoms with E-state index < -0.39 is 0 Å². The van der Waals surface area contributed by atoms with Gasteiger partial charge in [0.1, 0.15) is 17.1 Å². The van der Waals surface area contributed by atoms with Gasteiger partial charge in [-0.2, -0.15) is 5.10 Å². The molecule has 0 radical (unpaired) electrons. The standard InChI is InChI=1S/C14H15N3O3/c1-9-13(10(2)20-17-9)14(18)16-15-8-11-4-6-12(19-3)7-5-11/h4-8H,1-3H3,(H,16,18)/b15-8+. The molecular weight excluding hydrogens is 258 g/mol. The number of amides is 1. The maximum Gasteiger partial charge on any atom is 0.276 e. The van der Waals surface area contributed by atoms with Crippen LogP contribution in [0.3, 0.4) is 0 Å². The molecule has 1 amide bonds. The Balaban J connectivity index is 2.01. The molecule has 1 aromatic carbocycles. The van der Waals surface area contributed by atoms with Gasteiger partial charge >= 0.3 is 0 Å². The normalized spacial score (nSPS) is 10.8. The molecule has 1 heterocycles. The van der Waals surface area contributed by atoms with Crippen molar-refractivity contribution in [3.8, 4) is 5.75 Å². The van der Waals surface area contributed by atoms with Gasteiger partial charge in [0.2, 0.25) is 0 Å². The van der Waals surface area contributed by atoms with E-state index in [-0.39, 0.29) is 5.91 Å². The van der Waals surface area contributed by atoms with Crippen molar-refractivity contribution in [2.45, 2.75) is 13.8 Å². The molecule has 2 aromatic rings. The molecule has 0 aliphatic heterocycles. The number of hydrogen-bond donors (Lipinski definition) is 1. The average Bonchev–Trinajstić information content (AvgIpc) is 2.79. The third-order valence-electron chi connectivity index (χ3n) is 2.76. The quantitative estimate of drug-likeness (QED) is 0.683. The van der Waals surface area contributed by atoms with E-state index in [4.69, 9.17) is 9.26 Å². The van der Waals surface area contributed by atoms with Gasteiger partial charge < -0.3 is 9.26 Å². The third kappa shape index (κ3) is 3.03. The SMILES string of the molecule is COc1ccc(/C=N/NC(=O)c2c(C)noc2C)cc1. The minimum absolute atomic E-state index is 0.342. The van der Waals surface area contributed by atoms with E-state index in [9.17, 15) is 4.79 Å². The second-order valence-corrected chi connectivity index (χ2v) is 4.17. The van der Waals surface area contributed by atoms with Gasteiger partial charge in [-0.05, 0) is 43.7 Å². The van der Waals surface area contributed by atoms with Crippen LogP contribution in [0.2, 0.25) is 0 Å². The van der Waals surface area contributed by atoms with Gasteiger partial charge in [0, 0.05) is 0 Å². The highest BCUT2D eigenvalue weighted by atomic mass is 16.5. The summed E-state index contributed by atoms with van der Waals surface area (Å²) in [6.45, 7) is 3.39. The van der Waals surface area contributed by atoms with Crippen LogP contribution >= 0.6 is 0 Å². The summed E-state index contributed by atoms with van der Waals surface area (Å²) in [5.41, 5.74) is 4.25. The molecule has 0 saturated carbocycles. The summed E-state index contributed by atoms with van der Waals surface area (Å²) in [5, 5.41) is 7.62. The lowest BCUT2D eigenvalue weighted by molar-refractivity contribution is 0.0953. The monoisotopic (exact) mass is 273 g/mol. The molecule has 0 fully saturated rings. The Bertz CT molecular complexity index is 610. The van der Waals surface area contributed by atoms with Crippen molar-refractivity contribution in [3.63, 3.8) is 0 Å². The molecule has 0 aliphatic carbocycles. The fraction of sp³-hybridized carbons (Fsp3) is 0.214. The molecule has 0 bridgehead atoms. The van der Waals surface area contributed by atoms with Crippen LogP contribution in [-0.4, -0.2) is 24.4 Å². The predicted octanol–water partition coefficient (Wildman–Crippen LogP) is 2.06. The van der Waals surface area contributed by atoms with Gasteiger partial charge in [0.25, 0.3) is 5.91 Å². The van der Waals surface area contributed by atoms with Crippen LogP contribution in [0.5, 0.6) is 5.75 Å². The highest BCUT2D eigenvalue weighted by Gasteiger charge is 2.16. The fourth-order valence-corrected chi connectivity index (χ4v) is 1.72. The maximum absolute atomic E-state index is 11.9. The Labute approximate surface area is 116 Å². The number of aromatic nitrogens is 1. The first kappa shape index (κ1) is 13.8. The van der Waals surface area contributed by atoms with Crippen LogP contribution in [-0.2, 0) is 0 Å². The van der Waals surface area contributed by atoms with Gasteiger partial charge in [0.15, 0.2) is 0 Å². The van der Waals surface area contributed by atoms with Gasteiger partial charge in [-0.25, -0.2) is 5.43 Å². The number of hydrogen-bond acceptors (Lipinski definition) is 5. The van der Waals surface area contributed by atoms with Crippen molar-refractivity contribution in [2.75, 3.05) is 7.11 Å². The number of hydrazone groups is 1. The smallest absolute Gasteiger partial charge is 0.276 e. The molecule has 2 rings (SSSR count). The van der Waals surface area contributed by atoms with Crippen LogP contribution in [0.15, 0.2) is 33.9 Å². The minimum atomic E-state index is -0.342. The number of nitrogens with one attached hydrogen (secondary N) is 1. The number of nitrogens with zero attached hydrogens (tertiary/aromatic N) is 2. The zero-order chi connectivity index (χ0) is 14.5. The average molecular weight is 273 g/mol. The topological polar surface area (TPSA) is 76.7 Å². The van der Waals surface area contributed by atoms with Crippen molar-refractivity contribution < 1.29 is 14.1 Å². The van der Waals surface area contributed by atoms with E-state index in [0.717, 1.165) is 11.3 Å². The van der Waals surface area contributed by atoms with Gasteiger partial charge in [0.05, 0.1) is 19.0 Å². The maximum atomic E-state index is 11.9. The van der Waals surface area contributed by atoms with E-state index in [1.165, 1.54) is 0 Å². The highest BCUT2D eigenvalue weighted by molar-refractivity contribution is 5.96. The molecule has 0 saturated heterocycles. The van der Waals surface area contributed by atoms with Crippen LogP contribution in [0.4, 0.5) is 0 Å². The first-order chi connectivity index (χ1) is 9.61. The summed E-state index contributed by atoms with van der Waals surface area (Å²) in [4.78, 5) is 11.9. The van der Waals surface area contributed by atoms with Crippen molar-refractivity contribution in [3.05, 3.63) is 46.8 Å². The number of carbonyl (C=O) groups excluding carboxylic acids is 1. The lowest BCUT2D eigenvalue weighted by atomic mass is 10.2. The van der Waals surface area contributed by atoms with Crippen molar-refractivity contribution in [1.82, 2.24) is 10.6 Å². The van der Waals surface area contributed by atoms with E-state index >= 15 is 0 Å². The van der Waals surface area contributed by atoms with Gasteiger partial charge in [-0.15, -0.1) is 0 Å². The van der Waals surface area contributed by atoms with E-state index in [1.807, 2.05) is 24.3 Å². The van der Waals surface area contributed by atoms with E-state index in [2.05, 4.69) is 15.7 Å². The molecule has 104 valence electrons. The summed E-state index contributed by atoms with van der Waals surface area (Å²) >= 11 is 0. The molecule has 0 aliphatic rings. The Kier molecular flexibility index (Phi) is 4.14. The molecule has 1 N–H and O–H groups in total. The van der Waals surface area contributed by atoms with Crippen LogP contribution < -0.4 is 10.2 Å². The Hall–Kier alpha value is -2.63. The van der Waals surface area contributed by atoms with Crippen molar-refractivity contribution >= 4 is 12.1 Å². The number of benzene rings is 1. The molecule has 0 spiro atoms. The van der Waals surface area contributed by atoms with Crippen LogP contribution in [0.1, 0.15) is 27.4 Å². The molecule has 0 atom stereocenters. The summed E-state index contributed by atoms with van der Waals surface area (Å²) in [5.74, 6) is 0.896.